The second kappa shape index (κ2) is 8.15. The Kier molecular flexibility index (Phi) is 6.18. The molecule has 2 aromatic rings. The van der Waals surface area contributed by atoms with Crippen LogP contribution >= 0.6 is 11.3 Å². The van der Waals surface area contributed by atoms with Crippen LogP contribution in [0, 0.1) is 0 Å². The van der Waals surface area contributed by atoms with Crippen LogP contribution < -0.4 is 5.32 Å². The van der Waals surface area contributed by atoms with Gasteiger partial charge >= 0.3 is 0 Å². The Bertz CT molecular complexity index is 497. The first-order valence-corrected chi connectivity index (χ1v) is 7.90. The number of rotatable bonds is 8. The minimum absolute atomic E-state index is 0.475. The van der Waals surface area contributed by atoms with Gasteiger partial charge in [0.2, 0.25) is 0 Å². The van der Waals surface area contributed by atoms with Gasteiger partial charge in [0, 0.05) is 23.9 Å². The van der Waals surface area contributed by atoms with Gasteiger partial charge in [-0.05, 0) is 23.6 Å². The van der Waals surface area contributed by atoms with E-state index in [1.165, 1.54) is 4.88 Å². The van der Waals surface area contributed by atoms with E-state index in [2.05, 4.69) is 41.7 Å². The van der Waals surface area contributed by atoms with Crippen molar-refractivity contribution in [2.24, 2.45) is 0 Å². The van der Waals surface area contributed by atoms with Crippen molar-refractivity contribution < 1.29 is 4.74 Å². The lowest BCUT2D eigenvalue weighted by molar-refractivity contribution is 0.121. The molecule has 20 heavy (non-hydrogen) atoms. The van der Waals surface area contributed by atoms with Crippen LogP contribution in [0.2, 0.25) is 0 Å². The van der Waals surface area contributed by atoms with Crippen molar-refractivity contribution in [1.82, 2.24) is 10.3 Å². The highest BCUT2D eigenvalue weighted by atomic mass is 32.1. The van der Waals surface area contributed by atoms with E-state index in [9.17, 15) is 0 Å². The Labute approximate surface area is 125 Å². The summed E-state index contributed by atoms with van der Waals surface area (Å²) >= 11 is 1.78. The Morgan fingerprint density at radius 2 is 2.05 bits per heavy atom. The van der Waals surface area contributed by atoms with Crippen molar-refractivity contribution in [2.75, 3.05) is 6.61 Å². The third-order valence-electron chi connectivity index (χ3n) is 2.88. The smallest absolute Gasteiger partial charge is 0.0888 e. The number of pyridine rings is 1. The molecule has 2 rings (SSSR count). The van der Waals surface area contributed by atoms with Crippen molar-refractivity contribution in [3.05, 3.63) is 52.0 Å². The lowest BCUT2D eigenvalue weighted by Crippen LogP contribution is -2.22. The normalized spacial score (nSPS) is 11.2. The van der Waals surface area contributed by atoms with E-state index in [1.54, 1.807) is 11.3 Å². The first kappa shape index (κ1) is 15.2. The van der Waals surface area contributed by atoms with Gasteiger partial charge < -0.3 is 10.1 Å². The zero-order valence-electron chi connectivity index (χ0n) is 12.1. The molecule has 0 saturated heterocycles. The first-order valence-electron chi connectivity index (χ1n) is 7.02. The largest absolute Gasteiger partial charge is 0.375 e. The highest BCUT2D eigenvalue weighted by molar-refractivity contribution is 7.09. The van der Waals surface area contributed by atoms with Gasteiger partial charge in [-0.1, -0.05) is 26.0 Å². The minimum Gasteiger partial charge on any atom is -0.375 e. The molecule has 2 heterocycles. The molecule has 0 saturated carbocycles. The molecule has 0 atom stereocenters. The number of thiophene rings is 1. The van der Waals surface area contributed by atoms with E-state index in [0.717, 1.165) is 31.0 Å². The van der Waals surface area contributed by atoms with Gasteiger partial charge in [-0.25, -0.2) is 0 Å². The first-order chi connectivity index (χ1) is 9.74. The molecule has 0 aromatic carbocycles. The fourth-order valence-corrected chi connectivity index (χ4v) is 2.51. The van der Waals surface area contributed by atoms with Crippen LogP contribution in [0.1, 0.15) is 30.1 Å². The van der Waals surface area contributed by atoms with Crippen LogP contribution in [0.4, 0.5) is 0 Å². The molecule has 4 heteroatoms. The Morgan fingerprint density at radius 3 is 2.80 bits per heavy atom. The molecule has 0 spiro atoms. The fraction of sp³-hybridized carbons (Fsp3) is 0.438. The summed E-state index contributed by atoms with van der Waals surface area (Å²) in [6.07, 6.45) is 0.978. The highest BCUT2D eigenvalue weighted by Crippen LogP contribution is 2.09. The van der Waals surface area contributed by atoms with Crippen molar-refractivity contribution in [3.8, 4) is 0 Å². The zero-order valence-corrected chi connectivity index (χ0v) is 13.0. The van der Waals surface area contributed by atoms with E-state index in [-0.39, 0.29) is 0 Å². The predicted molar refractivity (Wildman–Crippen MR) is 83.9 cm³/mol. The monoisotopic (exact) mass is 290 g/mol. The molecule has 0 fully saturated rings. The summed E-state index contributed by atoms with van der Waals surface area (Å²) in [5.74, 6) is 0. The van der Waals surface area contributed by atoms with Gasteiger partial charge in [-0.3, -0.25) is 4.98 Å². The van der Waals surface area contributed by atoms with Crippen molar-refractivity contribution in [2.45, 2.75) is 39.5 Å². The van der Waals surface area contributed by atoms with Gasteiger partial charge in [0.15, 0.2) is 0 Å². The van der Waals surface area contributed by atoms with Crippen LogP contribution in [-0.4, -0.2) is 17.6 Å². The van der Waals surface area contributed by atoms with Gasteiger partial charge in [-0.15, -0.1) is 11.3 Å². The van der Waals surface area contributed by atoms with E-state index in [0.29, 0.717) is 12.6 Å². The van der Waals surface area contributed by atoms with Gasteiger partial charge in [0.25, 0.3) is 0 Å². The number of nitrogens with zero attached hydrogens (tertiary/aromatic N) is 1. The quantitative estimate of drug-likeness (QED) is 0.757. The zero-order chi connectivity index (χ0) is 14.2. The molecular weight excluding hydrogens is 268 g/mol. The number of aromatic nitrogens is 1. The number of hydrogen-bond donors (Lipinski definition) is 1. The van der Waals surface area contributed by atoms with Gasteiger partial charge in [-0.2, -0.15) is 0 Å². The van der Waals surface area contributed by atoms with Crippen LogP contribution in [0.15, 0.2) is 35.7 Å². The predicted octanol–water partition coefficient (Wildman–Crippen LogP) is 3.40. The molecule has 1 N–H and O–H groups in total. The summed E-state index contributed by atoms with van der Waals surface area (Å²) in [4.78, 5) is 5.96. The van der Waals surface area contributed by atoms with E-state index in [4.69, 9.17) is 4.74 Å². The molecule has 2 aromatic heterocycles. The average Bonchev–Trinajstić information content (AvgIpc) is 2.95. The maximum absolute atomic E-state index is 5.70. The van der Waals surface area contributed by atoms with Gasteiger partial charge in [0.05, 0.1) is 24.6 Å². The Hall–Kier alpha value is -1.23. The summed E-state index contributed by atoms with van der Waals surface area (Å²) in [6, 6.07) is 10.8. The third kappa shape index (κ3) is 5.41. The molecule has 108 valence electrons. The topological polar surface area (TPSA) is 34.1 Å². The average molecular weight is 290 g/mol. The minimum atomic E-state index is 0.475. The number of hydrogen-bond acceptors (Lipinski definition) is 4. The summed E-state index contributed by atoms with van der Waals surface area (Å²) in [6.45, 7) is 6.41. The van der Waals surface area contributed by atoms with E-state index >= 15 is 0 Å². The lowest BCUT2D eigenvalue weighted by atomic mass is 10.3. The standard InChI is InChI=1S/C16H22N2OS/c1-13(2)17-11-14-5-3-6-15(18-14)12-19-9-8-16-7-4-10-20-16/h3-7,10,13,17H,8-9,11-12H2,1-2H3. The summed E-state index contributed by atoms with van der Waals surface area (Å²) in [5.41, 5.74) is 2.07. The molecule has 0 unspecified atom stereocenters. The summed E-state index contributed by atoms with van der Waals surface area (Å²) < 4.78 is 5.70. The second-order valence-corrected chi connectivity index (χ2v) is 6.07. The molecule has 0 bridgehead atoms. The van der Waals surface area contributed by atoms with Crippen molar-refractivity contribution in [3.63, 3.8) is 0 Å². The SMILES string of the molecule is CC(C)NCc1cccc(COCCc2cccs2)n1. The van der Waals surface area contributed by atoms with Crippen LogP contribution in [0.5, 0.6) is 0 Å². The fourth-order valence-electron chi connectivity index (χ4n) is 1.82. The molecule has 0 aliphatic heterocycles. The number of ether oxygens (including phenoxy) is 1. The molecule has 0 aliphatic carbocycles. The molecular formula is C16H22N2OS. The van der Waals surface area contributed by atoms with E-state index in [1.807, 2.05) is 18.2 Å². The van der Waals surface area contributed by atoms with Crippen molar-refractivity contribution in [1.29, 1.82) is 0 Å². The maximum atomic E-state index is 5.70. The summed E-state index contributed by atoms with van der Waals surface area (Å²) in [7, 11) is 0. The Balaban J connectivity index is 1.73. The maximum Gasteiger partial charge on any atom is 0.0888 e. The Morgan fingerprint density at radius 1 is 1.20 bits per heavy atom. The van der Waals surface area contributed by atoms with Crippen LogP contribution in [0.25, 0.3) is 0 Å². The van der Waals surface area contributed by atoms with Crippen molar-refractivity contribution >= 4 is 11.3 Å². The van der Waals surface area contributed by atoms with Crippen LogP contribution in [-0.2, 0) is 24.3 Å². The second-order valence-electron chi connectivity index (χ2n) is 5.04. The lowest BCUT2D eigenvalue weighted by Gasteiger charge is -2.09. The van der Waals surface area contributed by atoms with Crippen LogP contribution in [0.3, 0.4) is 0 Å². The molecule has 3 nitrogen and oxygen atoms in total. The molecule has 0 radical (unpaired) electrons. The molecule has 0 aliphatic rings. The van der Waals surface area contributed by atoms with Gasteiger partial charge in [0.1, 0.15) is 0 Å². The van der Waals surface area contributed by atoms with E-state index < -0.39 is 0 Å². The summed E-state index contributed by atoms with van der Waals surface area (Å²) in [5, 5.41) is 5.47. The number of nitrogens with one attached hydrogen (secondary N) is 1. The third-order valence-corrected chi connectivity index (χ3v) is 3.81. The molecule has 0 amide bonds. The highest BCUT2D eigenvalue weighted by Gasteiger charge is 2.00.